The maximum Gasteiger partial charge on any atom is 0.332 e. The lowest BCUT2D eigenvalue weighted by Gasteiger charge is -2.12. The van der Waals surface area contributed by atoms with Crippen LogP contribution in [0.15, 0.2) is 33.9 Å². The van der Waals surface area contributed by atoms with E-state index in [-0.39, 0.29) is 11.7 Å². The zero-order valence-electron chi connectivity index (χ0n) is 14.2. The van der Waals surface area contributed by atoms with Crippen LogP contribution in [-0.4, -0.2) is 31.4 Å². The van der Waals surface area contributed by atoms with Gasteiger partial charge in [0, 0.05) is 14.1 Å². The van der Waals surface area contributed by atoms with Gasteiger partial charge in [-0.2, -0.15) is 4.98 Å². The number of hydrogen-bond acceptors (Lipinski definition) is 5. The van der Waals surface area contributed by atoms with Crippen LogP contribution < -0.4 is 20.7 Å². The van der Waals surface area contributed by atoms with Crippen LogP contribution in [0.1, 0.15) is 5.56 Å². The first-order valence-electron chi connectivity index (χ1n) is 7.98. The fourth-order valence-corrected chi connectivity index (χ4v) is 3.06. The molecule has 0 fully saturated rings. The summed E-state index contributed by atoms with van der Waals surface area (Å²) in [7, 11) is 3.05. The highest BCUT2D eigenvalue weighted by Crippen LogP contribution is 2.25. The Labute approximate surface area is 142 Å². The number of hydrogen-bond donors (Lipinski definition) is 0. The number of aryl methyl sites for hydroxylation is 2. The van der Waals surface area contributed by atoms with E-state index in [0.717, 1.165) is 15.9 Å². The molecule has 3 aromatic rings. The largest absolute Gasteiger partial charge is 0.490 e. The van der Waals surface area contributed by atoms with Gasteiger partial charge in [-0.25, -0.2) is 4.79 Å². The van der Waals surface area contributed by atoms with Crippen molar-refractivity contribution in [3.63, 3.8) is 0 Å². The Balaban J connectivity index is 1.61. The second-order valence-corrected chi connectivity index (χ2v) is 6.25. The summed E-state index contributed by atoms with van der Waals surface area (Å²) in [5.74, 6) is 0.774. The number of aromatic nitrogens is 4. The zero-order chi connectivity index (χ0) is 17.7. The van der Waals surface area contributed by atoms with Crippen LogP contribution in [-0.2, 0) is 20.6 Å². The van der Waals surface area contributed by atoms with Crippen molar-refractivity contribution >= 4 is 11.2 Å². The fraction of sp³-hybridized carbons (Fsp3) is 0.353. The van der Waals surface area contributed by atoms with Crippen LogP contribution in [0.25, 0.3) is 11.2 Å². The zero-order valence-corrected chi connectivity index (χ0v) is 14.2. The highest BCUT2D eigenvalue weighted by molar-refractivity contribution is 5.72. The van der Waals surface area contributed by atoms with Crippen molar-refractivity contribution < 1.29 is 9.47 Å². The monoisotopic (exact) mass is 342 g/mol. The molecule has 0 N–H and O–H groups in total. The van der Waals surface area contributed by atoms with Gasteiger partial charge in [-0.05, 0) is 24.6 Å². The first-order chi connectivity index (χ1) is 12.0. The normalized spacial score (nSPS) is 16.0. The molecule has 0 radical (unpaired) electrons. The summed E-state index contributed by atoms with van der Waals surface area (Å²) in [5.41, 5.74) is 1.04. The maximum atomic E-state index is 12.4. The van der Waals surface area contributed by atoms with E-state index < -0.39 is 5.69 Å². The van der Waals surface area contributed by atoms with E-state index in [0.29, 0.717) is 30.3 Å². The van der Waals surface area contributed by atoms with Gasteiger partial charge in [-0.3, -0.25) is 18.5 Å². The summed E-state index contributed by atoms with van der Waals surface area (Å²) in [5, 5.41) is 0. The van der Waals surface area contributed by atoms with Gasteiger partial charge in [0.1, 0.15) is 12.4 Å². The second kappa shape index (κ2) is 5.51. The molecule has 0 amide bonds. The molecule has 1 aromatic carbocycles. The minimum absolute atomic E-state index is 0.241. The van der Waals surface area contributed by atoms with E-state index in [4.69, 9.17) is 9.47 Å². The predicted molar refractivity (Wildman–Crippen MR) is 91.3 cm³/mol. The van der Waals surface area contributed by atoms with Gasteiger partial charge in [0.25, 0.3) is 11.6 Å². The minimum Gasteiger partial charge on any atom is -0.490 e. The first-order valence-corrected chi connectivity index (χ1v) is 7.98. The molecule has 1 aliphatic heterocycles. The third kappa shape index (κ3) is 2.41. The lowest BCUT2D eigenvalue weighted by Crippen LogP contribution is -2.37. The fourth-order valence-electron chi connectivity index (χ4n) is 3.06. The Hall–Kier alpha value is -3.03. The predicted octanol–water partition coefficient (Wildman–Crippen LogP) is 0.582. The third-order valence-corrected chi connectivity index (χ3v) is 4.40. The molecule has 4 rings (SSSR count). The Morgan fingerprint density at radius 2 is 2.08 bits per heavy atom. The summed E-state index contributed by atoms with van der Waals surface area (Å²) in [6, 6.07) is 8.12. The van der Waals surface area contributed by atoms with Crippen molar-refractivity contribution in [3.8, 4) is 11.8 Å². The van der Waals surface area contributed by atoms with E-state index in [2.05, 4.69) is 4.98 Å². The molecular formula is C17H18N4O4. The maximum absolute atomic E-state index is 12.4. The molecule has 8 nitrogen and oxygen atoms in total. The highest BCUT2D eigenvalue weighted by atomic mass is 16.6. The summed E-state index contributed by atoms with van der Waals surface area (Å²) < 4.78 is 15.7. The first kappa shape index (κ1) is 15.5. The van der Waals surface area contributed by atoms with Crippen molar-refractivity contribution in [3.05, 3.63) is 50.7 Å². The van der Waals surface area contributed by atoms with Crippen molar-refractivity contribution in [1.29, 1.82) is 0 Å². The Morgan fingerprint density at radius 3 is 2.84 bits per heavy atom. The van der Waals surface area contributed by atoms with Crippen molar-refractivity contribution in [2.45, 2.75) is 19.6 Å². The van der Waals surface area contributed by atoms with Crippen molar-refractivity contribution in [2.75, 3.05) is 6.61 Å². The van der Waals surface area contributed by atoms with Gasteiger partial charge < -0.3 is 9.47 Å². The molecule has 1 aliphatic rings. The summed E-state index contributed by atoms with van der Waals surface area (Å²) >= 11 is 0. The van der Waals surface area contributed by atoms with Crippen LogP contribution >= 0.6 is 0 Å². The average Bonchev–Trinajstić information content (AvgIpc) is 3.13. The number of nitrogens with zero attached hydrogens (tertiary/aromatic N) is 4. The smallest absolute Gasteiger partial charge is 0.332 e. The Kier molecular flexibility index (Phi) is 3.41. The molecule has 25 heavy (non-hydrogen) atoms. The lowest BCUT2D eigenvalue weighted by molar-refractivity contribution is 0.144. The molecule has 8 heteroatoms. The van der Waals surface area contributed by atoms with E-state index in [1.165, 1.54) is 11.6 Å². The second-order valence-electron chi connectivity index (χ2n) is 6.25. The van der Waals surface area contributed by atoms with E-state index in [1.807, 2.05) is 31.2 Å². The molecule has 0 saturated carbocycles. The van der Waals surface area contributed by atoms with Crippen LogP contribution in [0, 0.1) is 6.92 Å². The number of rotatable bonds is 3. The molecule has 2 aromatic heterocycles. The topological polar surface area (TPSA) is 80.3 Å². The molecule has 0 bridgehead atoms. The van der Waals surface area contributed by atoms with Crippen LogP contribution in [0.4, 0.5) is 0 Å². The van der Waals surface area contributed by atoms with Crippen molar-refractivity contribution in [1.82, 2.24) is 18.7 Å². The summed E-state index contributed by atoms with van der Waals surface area (Å²) in [4.78, 5) is 28.8. The summed E-state index contributed by atoms with van der Waals surface area (Å²) in [6.45, 7) is 2.80. The summed E-state index contributed by atoms with van der Waals surface area (Å²) in [6.07, 6.45) is -0.241. The minimum atomic E-state index is -0.409. The number of benzene rings is 1. The highest BCUT2D eigenvalue weighted by Gasteiger charge is 2.30. The van der Waals surface area contributed by atoms with Gasteiger partial charge in [0.05, 0.1) is 6.54 Å². The van der Waals surface area contributed by atoms with Crippen LogP contribution in [0.3, 0.4) is 0 Å². The standard InChI is InChI=1S/C17H18N4O4/c1-10-5-4-6-11(7-10)24-9-12-8-21-13-14(18-16(21)25-12)19(2)17(23)20(3)15(13)22/h4-7,12H,8-9H2,1-3H3/t12-/m0/s1. The average molecular weight is 342 g/mol. The molecule has 3 heterocycles. The van der Waals surface area contributed by atoms with Crippen LogP contribution in [0.2, 0.25) is 0 Å². The number of ether oxygens (including phenoxy) is 2. The number of fused-ring (bicyclic) bond motifs is 3. The molecule has 0 saturated heterocycles. The molecule has 130 valence electrons. The van der Waals surface area contributed by atoms with E-state index in [1.54, 1.807) is 11.6 Å². The molecular weight excluding hydrogens is 324 g/mol. The Bertz CT molecular complexity index is 1090. The van der Waals surface area contributed by atoms with Gasteiger partial charge in [-0.1, -0.05) is 12.1 Å². The molecule has 0 aliphatic carbocycles. The lowest BCUT2D eigenvalue weighted by atomic mass is 10.2. The molecule has 0 spiro atoms. The molecule has 1 atom stereocenters. The quantitative estimate of drug-likeness (QED) is 0.696. The Morgan fingerprint density at radius 1 is 1.28 bits per heavy atom. The molecule has 0 unspecified atom stereocenters. The van der Waals surface area contributed by atoms with Crippen molar-refractivity contribution in [2.24, 2.45) is 14.1 Å². The van der Waals surface area contributed by atoms with Gasteiger partial charge in [0.15, 0.2) is 17.3 Å². The van der Waals surface area contributed by atoms with Gasteiger partial charge in [-0.15, -0.1) is 0 Å². The third-order valence-electron chi connectivity index (χ3n) is 4.40. The SMILES string of the molecule is Cc1cccc(OC[C@@H]2Cn3c(nc4c3c(=O)n(C)c(=O)n4C)O2)c1. The number of imidazole rings is 1. The van der Waals surface area contributed by atoms with Gasteiger partial charge >= 0.3 is 5.69 Å². The van der Waals surface area contributed by atoms with Crippen LogP contribution in [0.5, 0.6) is 11.8 Å². The van der Waals surface area contributed by atoms with Gasteiger partial charge in [0.2, 0.25) is 0 Å². The van der Waals surface area contributed by atoms with E-state index in [9.17, 15) is 9.59 Å². The van der Waals surface area contributed by atoms with E-state index >= 15 is 0 Å².